The number of carbonyl (C=O) groups is 1. The van der Waals surface area contributed by atoms with Gasteiger partial charge >= 0.3 is 5.97 Å². The maximum Gasteiger partial charge on any atom is 0.340 e. The van der Waals surface area contributed by atoms with Crippen LogP contribution in [-0.4, -0.2) is 63.2 Å². The van der Waals surface area contributed by atoms with Gasteiger partial charge in [-0.1, -0.05) is 24.3 Å². The summed E-state index contributed by atoms with van der Waals surface area (Å²) in [6, 6.07) is 12.1. The van der Waals surface area contributed by atoms with E-state index in [1.54, 1.807) is 48.7 Å². The van der Waals surface area contributed by atoms with Crippen molar-refractivity contribution in [2.75, 3.05) is 31.2 Å². The van der Waals surface area contributed by atoms with Crippen molar-refractivity contribution in [3.63, 3.8) is 0 Å². The van der Waals surface area contributed by atoms with E-state index in [0.29, 0.717) is 59.2 Å². The number of nitrogens with zero attached hydrogens (tertiary/aromatic N) is 4. The molecule has 0 bridgehead atoms. The van der Waals surface area contributed by atoms with Crippen molar-refractivity contribution in [3.8, 4) is 28.1 Å². The van der Waals surface area contributed by atoms with E-state index < -0.39 is 23.5 Å². The third kappa shape index (κ3) is 7.34. The molecular weight excluding hydrogens is 599 g/mol. The van der Waals surface area contributed by atoms with Crippen molar-refractivity contribution >= 4 is 17.4 Å². The van der Waals surface area contributed by atoms with Gasteiger partial charge in [0.1, 0.15) is 17.4 Å². The predicted octanol–water partition coefficient (Wildman–Crippen LogP) is 7.51. The summed E-state index contributed by atoms with van der Waals surface area (Å²) in [7, 11) is 0. The Bertz CT molecular complexity index is 1760. The van der Waals surface area contributed by atoms with Crippen LogP contribution in [0.1, 0.15) is 70.4 Å². The number of esters is 1. The molecule has 0 aliphatic carbocycles. The Morgan fingerprint density at radius 1 is 1.15 bits per heavy atom. The van der Waals surface area contributed by atoms with E-state index in [1.165, 1.54) is 6.07 Å². The molecule has 250 valence electrons. The molecule has 2 aromatic carbocycles. The van der Waals surface area contributed by atoms with Crippen LogP contribution >= 0.6 is 0 Å². The van der Waals surface area contributed by atoms with Gasteiger partial charge in [0, 0.05) is 30.4 Å². The quantitative estimate of drug-likeness (QED) is 0.140. The SMILES string of the molecule is C=CCOC1(C)CCN(c2c(C(OC(C)(C)C)C(=O)OCC)c(C)nc3cc(-c4cccc(-c5c(O)cc(C)cc5F)c4)nn23)CC1. The van der Waals surface area contributed by atoms with Gasteiger partial charge in [0.2, 0.25) is 0 Å². The van der Waals surface area contributed by atoms with Crippen LogP contribution in [0.5, 0.6) is 5.75 Å². The Balaban J connectivity index is 1.67. The first-order chi connectivity index (χ1) is 22.2. The molecule has 1 atom stereocenters. The summed E-state index contributed by atoms with van der Waals surface area (Å²) >= 11 is 0. The van der Waals surface area contributed by atoms with Crippen LogP contribution in [0.25, 0.3) is 28.0 Å². The highest BCUT2D eigenvalue weighted by Crippen LogP contribution is 2.40. The van der Waals surface area contributed by atoms with Crippen molar-refractivity contribution in [3.05, 3.63) is 77.8 Å². The minimum atomic E-state index is -1.05. The third-order valence-electron chi connectivity index (χ3n) is 8.37. The number of benzene rings is 2. The standard InChI is InChI=1S/C37H45FN4O5/c1-9-18-46-37(8)14-16-41(17-15-37)34-31(33(35(44)45-10-2)47-36(5,6)7)24(4)39-30-22-28(40-42(30)34)25-12-11-13-26(21-25)32-27(38)19-23(3)20-29(32)43/h9,11-13,19-22,33,43H,1,10,14-18H2,2-8H3. The minimum Gasteiger partial charge on any atom is -0.507 e. The summed E-state index contributed by atoms with van der Waals surface area (Å²) in [6.45, 7) is 18.9. The molecule has 1 fully saturated rings. The number of phenols is 1. The van der Waals surface area contributed by atoms with Crippen molar-refractivity contribution in [1.82, 2.24) is 14.6 Å². The summed E-state index contributed by atoms with van der Waals surface area (Å²) in [4.78, 5) is 20.7. The average Bonchev–Trinajstić information content (AvgIpc) is 3.42. The fourth-order valence-corrected chi connectivity index (χ4v) is 6.10. The van der Waals surface area contributed by atoms with E-state index in [2.05, 4.69) is 18.4 Å². The predicted molar refractivity (Wildman–Crippen MR) is 181 cm³/mol. The molecule has 1 N–H and O–H groups in total. The van der Waals surface area contributed by atoms with Crippen molar-refractivity contribution < 1.29 is 28.5 Å². The number of phenolic OH excluding ortho intramolecular Hbond substituents is 1. The molecule has 9 nitrogen and oxygen atoms in total. The molecule has 1 aliphatic rings. The molecule has 2 aromatic heterocycles. The number of halogens is 1. The van der Waals surface area contributed by atoms with Gasteiger partial charge in [0.15, 0.2) is 11.8 Å². The van der Waals surface area contributed by atoms with Gasteiger partial charge in [0.05, 0.1) is 41.2 Å². The number of aryl methyl sites for hydroxylation is 2. The normalized spacial score (nSPS) is 15.5. The summed E-state index contributed by atoms with van der Waals surface area (Å²) in [5.74, 6) is -0.428. The van der Waals surface area contributed by atoms with Crippen molar-refractivity contribution in [2.24, 2.45) is 0 Å². The van der Waals surface area contributed by atoms with Crippen molar-refractivity contribution in [1.29, 1.82) is 0 Å². The minimum absolute atomic E-state index is 0.128. The molecule has 0 radical (unpaired) electrons. The summed E-state index contributed by atoms with van der Waals surface area (Å²) < 4.78 is 34.9. The Morgan fingerprint density at radius 3 is 2.49 bits per heavy atom. The highest BCUT2D eigenvalue weighted by atomic mass is 19.1. The molecule has 0 amide bonds. The van der Waals surface area contributed by atoms with Crippen LogP contribution in [-0.2, 0) is 19.0 Å². The number of hydrogen-bond donors (Lipinski definition) is 1. The van der Waals surface area contributed by atoms with Gasteiger partial charge in [-0.05, 0) is 90.6 Å². The zero-order chi connectivity index (χ0) is 34.1. The summed E-state index contributed by atoms with van der Waals surface area (Å²) in [6.07, 6.45) is 2.20. The number of carbonyl (C=O) groups excluding carboxylic acids is 1. The molecule has 1 unspecified atom stereocenters. The second-order valence-corrected chi connectivity index (χ2v) is 13.4. The first-order valence-electron chi connectivity index (χ1n) is 16.1. The van der Waals surface area contributed by atoms with Gasteiger partial charge in [0.25, 0.3) is 0 Å². The topological polar surface area (TPSA) is 98.4 Å². The molecule has 3 heterocycles. The van der Waals surface area contributed by atoms with Gasteiger partial charge in [-0.15, -0.1) is 6.58 Å². The molecule has 0 saturated carbocycles. The molecule has 47 heavy (non-hydrogen) atoms. The molecule has 4 aromatic rings. The Hall–Kier alpha value is -4.28. The van der Waals surface area contributed by atoms with Gasteiger partial charge in [-0.25, -0.2) is 14.2 Å². The fraction of sp³-hybridized carbons (Fsp3) is 0.432. The monoisotopic (exact) mass is 644 g/mol. The molecular formula is C37H45FN4O5. The smallest absolute Gasteiger partial charge is 0.340 e. The van der Waals surface area contributed by atoms with Crippen LogP contribution in [0.15, 0.2) is 55.1 Å². The Labute approximate surface area is 276 Å². The molecule has 5 rings (SSSR count). The molecule has 0 spiro atoms. The maximum absolute atomic E-state index is 15.0. The van der Waals surface area contributed by atoms with Crippen molar-refractivity contribution in [2.45, 2.75) is 78.6 Å². The fourth-order valence-electron chi connectivity index (χ4n) is 6.10. The van der Waals surface area contributed by atoms with Crippen LogP contribution in [0.2, 0.25) is 0 Å². The van der Waals surface area contributed by atoms with Crippen LogP contribution in [0, 0.1) is 19.7 Å². The van der Waals surface area contributed by atoms with Crippen LogP contribution < -0.4 is 4.90 Å². The lowest BCUT2D eigenvalue weighted by atomic mass is 9.92. The zero-order valence-corrected chi connectivity index (χ0v) is 28.4. The van der Waals surface area contributed by atoms with E-state index in [1.807, 2.05) is 39.8 Å². The van der Waals surface area contributed by atoms with Gasteiger partial charge in [-0.3, -0.25) is 0 Å². The van der Waals surface area contributed by atoms with E-state index in [-0.39, 0.29) is 23.5 Å². The Kier molecular flexibility index (Phi) is 9.75. The van der Waals surface area contributed by atoms with Gasteiger partial charge < -0.3 is 24.2 Å². The lowest BCUT2D eigenvalue weighted by Crippen LogP contribution is -2.45. The van der Waals surface area contributed by atoms with Crippen LogP contribution in [0.4, 0.5) is 10.2 Å². The number of aromatic hydroxyl groups is 1. The first-order valence-corrected chi connectivity index (χ1v) is 16.1. The number of anilines is 1. The van der Waals surface area contributed by atoms with E-state index in [0.717, 1.165) is 18.4 Å². The number of ether oxygens (including phenoxy) is 3. The summed E-state index contributed by atoms with van der Waals surface area (Å²) in [5, 5.41) is 15.6. The second kappa shape index (κ2) is 13.4. The second-order valence-electron chi connectivity index (χ2n) is 13.4. The molecule has 1 aliphatic heterocycles. The van der Waals surface area contributed by atoms with Gasteiger partial charge in [-0.2, -0.15) is 9.61 Å². The maximum atomic E-state index is 15.0. The highest BCUT2D eigenvalue weighted by Gasteiger charge is 2.38. The van der Waals surface area contributed by atoms with E-state index in [4.69, 9.17) is 24.3 Å². The molecule has 10 heteroatoms. The van der Waals surface area contributed by atoms with E-state index >= 15 is 4.39 Å². The number of aromatic nitrogens is 3. The van der Waals surface area contributed by atoms with E-state index in [9.17, 15) is 9.90 Å². The lowest BCUT2D eigenvalue weighted by molar-refractivity contribution is -0.166. The largest absolute Gasteiger partial charge is 0.507 e. The Morgan fingerprint density at radius 2 is 1.85 bits per heavy atom. The molecule has 1 saturated heterocycles. The highest BCUT2D eigenvalue weighted by molar-refractivity contribution is 5.81. The third-order valence-corrected chi connectivity index (χ3v) is 8.37. The number of rotatable bonds is 10. The number of piperidine rings is 1. The first kappa shape index (κ1) is 34.1. The summed E-state index contributed by atoms with van der Waals surface area (Å²) in [5.41, 5.74) is 3.42. The number of hydrogen-bond acceptors (Lipinski definition) is 8. The van der Waals surface area contributed by atoms with Crippen LogP contribution in [0.3, 0.4) is 0 Å². The number of fused-ring (bicyclic) bond motifs is 1. The average molecular weight is 645 g/mol. The lowest BCUT2D eigenvalue weighted by Gasteiger charge is -2.41. The zero-order valence-electron chi connectivity index (χ0n) is 28.4.